The minimum atomic E-state index is -4.00. The topological polar surface area (TPSA) is 59.1 Å². The lowest BCUT2D eigenvalue weighted by Gasteiger charge is -2.15. The van der Waals surface area contributed by atoms with E-state index in [1.807, 2.05) is 0 Å². The highest BCUT2D eigenvalue weighted by Crippen LogP contribution is 2.16. The van der Waals surface area contributed by atoms with E-state index in [1.165, 1.54) is 24.3 Å². The molecule has 0 radical (unpaired) electrons. The average molecular weight is 255 g/mol. The van der Waals surface area contributed by atoms with Gasteiger partial charge in [-0.15, -0.1) is 0 Å². The van der Waals surface area contributed by atoms with E-state index in [0.29, 0.717) is 0 Å². The number of pyridine rings is 1. The number of halogens is 1. The fourth-order valence-corrected chi connectivity index (χ4v) is 2.45. The largest absolute Gasteiger partial charge is 0.267 e. The number of anilines is 1. The predicted octanol–water partition coefficient (Wildman–Crippen LogP) is 1.85. The van der Waals surface area contributed by atoms with E-state index >= 15 is 0 Å². The van der Waals surface area contributed by atoms with E-state index in [2.05, 4.69) is 9.71 Å². The van der Waals surface area contributed by atoms with Crippen molar-refractivity contribution in [3.05, 3.63) is 48.5 Å². The van der Waals surface area contributed by atoms with E-state index in [0.717, 1.165) is 6.07 Å². The molecule has 0 aliphatic heterocycles. The quantitative estimate of drug-likeness (QED) is 0.838. The zero-order valence-corrected chi connectivity index (χ0v) is 9.61. The molecule has 2 rings (SSSR count). The number of nitrogens with zero attached hydrogens (tertiary/aromatic N) is 1. The summed E-state index contributed by atoms with van der Waals surface area (Å²) in [5, 5.41) is -1.80. The molecule has 0 saturated carbocycles. The first-order valence-electron chi connectivity index (χ1n) is 5.42. The summed E-state index contributed by atoms with van der Waals surface area (Å²) in [4.78, 5) is 3.40. The molecule has 1 atom stereocenters. The van der Waals surface area contributed by atoms with Crippen molar-refractivity contribution in [1.29, 1.82) is 0 Å². The molecule has 1 N–H and O–H groups in total. The first-order chi connectivity index (χ1) is 8.43. The Bertz CT molecular complexity index is 615. The van der Waals surface area contributed by atoms with Gasteiger partial charge in [-0.05, 0) is 18.6 Å². The van der Waals surface area contributed by atoms with E-state index in [9.17, 15) is 12.8 Å². The fourth-order valence-electron chi connectivity index (χ4n) is 1.36. The molecule has 1 unspecified atom stereocenters. The van der Waals surface area contributed by atoms with Crippen LogP contribution >= 0.6 is 0 Å². The van der Waals surface area contributed by atoms with Crippen LogP contribution in [0.4, 0.5) is 10.2 Å². The van der Waals surface area contributed by atoms with E-state index in [1.54, 1.807) is 12.2 Å². The van der Waals surface area contributed by atoms with Crippen molar-refractivity contribution in [3.63, 3.8) is 0 Å². The number of hydrogen-bond acceptors (Lipinski definition) is 3. The fraction of sp³-hybridized carbons (Fsp3) is 0.182. The highest BCUT2D eigenvalue weighted by Gasteiger charge is 2.23. The van der Waals surface area contributed by atoms with Crippen molar-refractivity contribution in [2.24, 2.45) is 0 Å². The second-order valence-corrected chi connectivity index (χ2v) is 5.14. The standard InChI is InChI=1S/C11H11FN2O2S/c12-10-7-4-8-11(13-10)14-17(15,16)9-5-2-1-3-6-9/h1-5,7-9H,6H2,(H,13,14)/i9D. The third-order valence-electron chi connectivity index (χ3n) is 2.15. The molecule has 1 aromatic heterocycles. The lowest BCUT2D eigenvalue weighted by Crippen LogP contribution is -2.27. The van der Waals surface area contributed by atoms with Gasteiger partial charge in [0.1, 0.15) is 11.0 Å². The third kappa shape index (κ3) is 2.91. The molecule has 90 valence electrons. The lowest BCUT2D eigenvalue weighted by molar-refractivity contribution is 0.583. The highest BCUT2D eigenvalue weighted by atomic mass is 32.2. The Morgan fingerprint density at radius 3 is 2.94 bits per heavy atom. The SMILES string of the molecule is [2H]C1(S(=O)(=O)Nc2cccc(F)n2)C=CC=CC1. The number of rotatable bonds is 3. The van der Waals surface area contributed by atoms with Gasteiger partial charge in [0, 0.05) is 0 Å². The molecule has 0 saturated heterocycles. The molecule has 0 amide bonds. The predicted molar refractivity (Wildman–Crippen MR) is 63.4 cm³/mol. The van der Waals surface area contributed by atoms with Crippen LogP contribution in [-0.2, 0) is 10.0 Å². The van der Waals surface area contributed by atoms with Crippen LogP contribution in [0.25, 0.3) is 0 Å². The molecule has 1 heterocycles. The van der Waals surface area contributed by atoms with Gasteiger partial charge in [-0.3, -0.25) is 4.72 Å². The Balaban J connectivity index is 2.28. The van der Waals surface area contributed by atoms with Gasteiger partial charge in [0.05, 0.1) is 1.37 Å². The summed E-state index contributed by atoms with van der Waals surface area (Å²) < 4.78 is 47.0. The number of nitrogens with one attached hydrogen (secondary N) is 1. The van der Waals surface area contributed by atoms with Crippen molar-refractivity contribution >= 4 is 15.8 Å². The summed E-state index contributed by atoms with van der Waals surface area (Å²) in [7, 11) is -4.00. The molecule has 17 heavy (non-hydrogen) atoms. The number of allylic oxidation sites excluding steroid dienone is 3. The molecule has 0 aromatic carbocycles. The average Bonchev–Trinajstić information content (AvgIpc) is 2.29. The van der Waals surface area contributed by atoms with Gasteiger partial charge in [0.15, 0.2) is 0 Å². The Morgan fingerprint density at radius 2 is 2.29 bits per heavy atom. The molecule has 1 aliphatic rings. The van der Waals surface area contributed by atoms with Crippen LogP contribution in [0.5, 0.6) is 0 Å². The summed E-state index contributed by atoms with van der Waals surface area (Å²) >= 11 is 0. The lowest BCUT2D eigenvalue weighted by atomic mass is 10.2. The van der Waals surface area contributed by atoms with Gasteiger partial charge >= 0.3 is 0 Å². The zero-order valence-electron chi connectivity index (χ0n) is 9.80. The van der Waals surface area contributed by atoms with Crippen molar-refractivity contribution < 1.29 is 14.2 Å². The molecule has 4 nitrogen and oxygen atoms in total. The summed E-state index contributed by atoms with van der Waals surface area (Å²) in [5.41, 5.74) is 0. The van der Waals surface area contributed by atoms with Gasteiger partial charge in [-0.1, -0.05) is 30.4 Å². The number of sulfonamides is 1. The molecule has 0 spiro atoms. The van der Waals surface area contributed by atoms with Gasteiger partial charge in [-0.25, -0.2) is 13.4 Å². The summed E-state index contributed by atoms with van der Waals surface area (Å²) in [5.74, 6) is -0.919. The van der Waals surface area contributed by atoms with Gasteiger partial charge < -0.3 is 0 Å². The highest BCUT2D eigenvalue weighted by molar-refractivity contribution is 7.93. The summed E-state index contributed by atoms with van der Waals surface area (Å²) in [6.07, 6.45) is 6.06. The Labute approximate surface area is 100 Å². The number of aromatic nitrogens is 1. The van der Waals surface area contributed by atoms with Crippen LogP contribution in [0.15, 0.2) is 42.5 Å². The molecule has 6 heteroatoms. The van der Waals surface area contributed by atoms with Gasteiger partial charge in [0.2, 0.25) is 16.0 Å². The van der Waals surface area contributed by atoms with Crippen LogP contribution in [0.2, 0.25) is 0 Å². The minimum absolute atomic E-state index is 0.0359. The first kappa shape index (κ1) is 10.5. The summed E-state index contributed by atoms with van der Waals surface area (Å²) in [6, 6.07) is 3.78. The second kappa shape index (κ2) is 4.67. The van der Waals surface area contributed by atoms with Crippen LogP contribution in [0, 0.1) is 5.95 Å². The molecule has 0 fully saturated rings. The second-order valence-electron chi connectivity index (χ2n) is 3.41. The Kier molecular flexibility index (Phi) is 2.87. The maximum absolute atomic E-state index is 12.9. The Hall–Kier alpha value is -1.69. The minimum Gasteiger partial charge on any atom is -0.267 e. The van der Waals surface area contributed by atoms with Crippen LogP contribution < -0.4 is 4.72 Å². The van der Waals surface area contributed by atoms with E-state index in [4.69, 9.17) is 1.37 Å². The van der Waals surface area contributed by atoms with E-state index < -0.39 is 21.2 Å². The van der Waals surface area contributed by atoms with Gasteiger partial charge in [0.25, 0.3) is 0 Å². The van der Waals surface area contributed by atoms with Crippen LogP contribution in [0.3, 0.4) is 0 Å². The maximum atomic E-state index is 12.9. The molecule has 1 aliphatic carbocycles. The third-order valence-corrected chi connectivity index (χ3v) is 3.62. The van der Waals surface area contributed by atoms with E-state index in [-0.39, 0.29) is 12.2 Å². The smallest absolute Gasteiger partial charge is 0.240 e. The summed E-state index contributed by atoms with van der Waals surface area (Å²) in [6.45, 7) is 0. The molecular weight excluding hydrogens is 243 g/mol. The Morgan fingerprint density at radius 1 is 1.47 bits per heavy atom. The van der Waals surface area contributed by atoms with Crippen LogP contribution in [-0.4, -0.2) is 18.6 Å². The zero-order chi connectivity index (χ0) is 13.2. The van der Waals surface area contributed by atoms with Crippen molar-refractivity contribution in [1.82, 2.24) is 4.98 Å². The number of hydrogen-bond donors (Lipinski definition) is 1. The van der Waals surface area contributed by atoms with Gasteiger partial charge in [-0.2, -0.15) is 4.39 Å². The molecule has 0 bridgehead atoms. The van der Waals surface area contributed by atoms with Crippen molar-refractivity contribution in [2.75, 3.05) is 4.72 Å². The first-order valence-corrected chi connectivity index (χ1v) is 6.41. The molecule has 1 aromatic rings. The normalized spacial score (nSPS) is 24.4. The van der Waals surface area contributed by atoms with Crippen molar-refractivity contribution in [2.45, 2.75) is 11.6 Å². The molecular formula is C11H11FN2O2S. The van der Waals surface area contributed by atoms with Crippen molar-refractivity contribution in [3.8, 4) is 0 Å². The maximum Gasteiger partial charge on any atom is 0.240 e. The monoisotopic (exact) mass is 255 g/mol. The van der Waals surface area contributed by atoms with Crippen LogP contribution in [0.1, 0.15) is 7.79 Å².